The minimum Gasteiger partial charge on any atom is -0.481 e. The number of hydrogen-bond donors (Lipinski definition) is 2. The van der Waals surface area contributed by atoms with Gasteiger partial charge < -0.3 is 15.3 Å². The van der Waals surface area contributed by atoms with Gasteiger partial charge in [0.05, 0.1) is 12.7 Å². The van der Waals surface area contributed by atoms with Crippen molar-refractivity contribution in [2.75, 3.05) is 0 Å². The maximum Gasteiger partial charge on any atom is 0.305 e. The largest absolute Gasteiger partial charge is 0.481 e. The third kappa shape index (κ3) is 3.57. The number of rotatable bonds is 4. The molecule has 1 unspecified atom stereocenters. The van der Waals surface area contributed by atoms with Gasteiger partial charge in [-0.3, -0.25) is 4.79 Å². The average molecular weight is 181 g/mol. The molecule has 0 aliphatic rings. The smallest absolute Gasteiger partial charge is 0.305 e. The van der Waals surface area contributed by atoms with Crippen molar-refractivity contribution in [2.24, 2.45) is 5.73 Å². The normalized spacial score (nSPS) is 13.3. The van der Waals surface area contributed by atoms with E-state index in [1.165, 1.54) is 0 Å². The molecule has 3 N–H and O–H groups in total. The molecule has 0 amide bonds. The summed E-state index contributed by atoms with van der Waals surface area (Å²) < 4.78 is 5.00. The van der Waals surface area contributed by atoms with Crippen LogP contribution in [0.4, 0.5) is 0 Å². The zero-order valence-corrected chi connectivity index (χ0v) is 7.01. The van der Waals surface area contributed by atoms with E-state index < -0.39 is 12.0 Å². The predicted molar refractivity (Wildman–Crippen MR) is 48.0 cm³/mol. The highest BCUT2D eigenvalue weighted by Gasteiger charge is 2.03. The molecule has 0 aromatic carbocycles. The van der Waals surface area contributed by atoms with Crippen LogP contribution >= 0.6 is 0 Å². The summed E-state index contributed by atoms with van der Waals surface area (Å²) in [6.07, 6.45) is 4.74. The molecule has 0 aliphatic heterocycles. The van der Waals surface area contributed by atoms with Gasteiger partial charge in [-0.05, 0) is 18.2 Å². The van der Waals surface area contributed by atoms with Gasteiger partial charge in [0, 0.05) is 6.04 Å². The molecule has 0 saturated heterocycles. The number of aliphatic carboxylic acids is 1. The third-order valence-electron chi connectivity index (χ3n) is 1.46. The Bertz CT molecular complexity index is 290. The molecule has 0 bridgehead atoms. The van der Waals surface area contributed by atoms with E-state index in [-0.39, 0.29) is 6.42 Å². The summed E-state index contributed by atoms with van der Waals surface area (Å²) in [4.78, 5) is 10.2. The van der Waals surface area contributed by atoms with Crippen LogP contribution in [0, 0.1) is 0 Å². The van der Waals surface area contributed by atoms with Gasteiger partial charge in [0.2, 0.25) is 0 Å². The van der Waals surface area contributed by atoms with Crippen molar-refractivity contribution in [3.05, 3.63) is 30.2 Å². The molecular formula is C9H11NO3. The predicted octanol–water partition coefficient (Wildman–Crippen LogP) is 1.09. The van der Waals surface area contributed by atoms with Gasteiger partial charge in [0.15, 0.2) is 0 Å². The van der Waals surface area contributed by atoms with E-state index in [9.17, 15) is 4.79 Å². The first-order valence-electron chi connectivity index (χ1n) is 3.87. The van der Waals surface area contributed by atoms with Crippen LogP contribution in [0.15, 0.2) is 28.9 Å². The second kappa shape index (κ2) is 4.47. The van der Waals surface area contributed by atoms with E-state index >= 15 is 0 Å². The Kier molecular flexibility index (Phi) is 3.28. The van der Waals surface area contributed by atoms with Crippen LogP contribution in [0.3, 0.4) is 0 Å². The molecule has 0 radical (unpaired) electrons. The molecule has 0 aliphatic carbocycles. The summed E-state index contributed by atoms with van der Waals surface area (Å²) in [6, 6.07) is 3.05. The lowest BCUT2D eigenvalue weighted by atomic mass is 10.2. The van der Waals surface area contributed by atoms with Crippen LogP contribution in [0.2, 0.25) is 0 Å². The first kappa shape index (κ1) is 9.54. The number of carbonyl (C=O) groups is 1. The lowest BCUT2D eigenvalue weighted by Gasteiger charge is -1.99. The summed E-state index contributed by atoms with van der Waals surface area (Å²) in [5.74, 6) is -0.238. The molecule has 0 spiro atoms. The number of nitrogens with two attached hydrogens (primary N) is 1. The van der Waals surface area contributed by atoms with Gasteiger partial charge in [-0.25, -0.2) is 0 Å². The number of hydrogen-bond acceptors (Lipinski definition) is 3. The van der Waals surface area contributed by atoms with Gasteiger partial charge in [0.1, 0.15) is 5.76 Å². The first-order chi connectivity index (χ1) is 6.18. The molecular weight excluding hydrogens is 170 g/mol. The maximum atomic E-state index is 10.2. The van der Waals surface area contributed by atoms with E-state index in [0.29, 0.717) is 5.76 Å². The highest BCUT2D eigenvalue weighted by Crippen LogP contribution is 2.03. The molecule has 13 heavy (non-hydrogen) atoms. The van der Waals surface area contributed by atoms with Crippen molar-refractivity contribution in [1.29, 1.82) is 0 Å². The minimum atomic E-state index is -0.906. The fourth-order valence-electron chi connectivity index (χ4n) is 0.874. The molecule has 70 valence electrons. The summed E-state index contributed by atoms with van der Waals surface area (Å²) in [5, 5.41) is 8.40. The van der Waals surface area contributed by atoms with Crippen LogP contribution in [-0.2, 0) is 4.79 Å². The van der Waals surface area contributed by atoms with Crippen molar-refractivity contribution in [3.63, 3.8) is 0 Å². The third-order valence-corrected chi connectivity index (χ3v) is 1.46. The molecule has 1 rings (SSSR count). The second-order valence-electron chi connectivity index (χ2n) is 2.64. The van der Waals surface area contributed by atoms with Crippen molar-refractivity contribution < 1.29 is 14.3 Å². The van der Waals surface area contributed by atoms with Crippen molar-refractivity contribution >= 4 is 12.0 Å². The Morgan fingerprint density at radius 2 is 2.54 bits per heavy atom. The lowest BCUT2D eigenvalue weighted by molar-refractivity contribution is -0.137. The van der Waals surface area contributed by atoms with Gasteiger partial charge in [-0.1, -0.05) is 6.08 Å². The van der Waals surface area contributed by atoms with E-state index in [0.717, 1.165) is 0 Å². The van der Waals surface area contributed by atoms with Crippen LogP contribution in [-0.4, -0.2) is 17.1 Å². The Balaban J connectivity index is 2.44. The number of furan rings is 1. The van der Waals surface area contributed by atoms with Gasteiger partial charge in [0.25, 0.3) is 0 Å². The Labute approximate surface area is 75.7 Å². The second-order valence-corrected chi connectivity index (χ2v) is 2.64. The van der Waals surface area contributed by atoms with Gasteiger partial charge >= 0.3 is 5.97 Å². The zero-order chi connectivity index (χ0) is 9.68. The molecule has 4 heteroatoms. The fourth-order valence-corrected chi connectivity index (χ4v) is 0.874. The van der Waals surface area contributed by atoms with Crippen LogP contribution in [0.25, 0.3) is 6.08 Å². The molecule has 1 aromatic heterocycles. The molecule has 0 fully saturated rings. The van der Waals surface area contributed by atoms with Gasteiger partial charge in [-0.15, -0.1) is 0 Å². The van der Waals surface area contributed by atoms with E-state index in [1.807, 2.05) is 0 Å². The molecule has 0 saturated carbocycles. The number of carboxylic acid groups (broad SMARTS) is 1. The maximum absolute atomic E-state index is 10.2. The molecule has 4 nitrogen and oxygen atoms in total. The molecule has 1 heterocycles. The Morgan fingerprint density at radius 3 is 3.08 bits per heavy atom. The van der Waals surface area contributed by atoms with Crippen LogP contribution in [0.1, 0.15) is 12.2 Å². The van der Waals surface area contributed by atoms with E-state index in [2.05, 4.69) is 0 Å². The molecule has 1 aromatic rings. The quantitative estimate of drug-likeness (QED) is 0.729. The summed E-state index contributed by atoms with van der Waals surface area (Å²) in [6.45, 7) is 0. The SMILES string of the molecule is NC(/C=C/c1ccco1)CC(=O)O. The monoisotopic (exact) mass is 181 g/mol. The number of carboxylic acids is 1. The fraction of sp³-hybridized carbons (Fsp3) is 0.222. The van der Waals surface area contributed by atoms with Crippen molar-refractivity contribution in [1.82, 2.24) is 0 Å². The summed E-state index contributed by atoms with van der Waals surface area (Å²) in [5.41, 5.74) is 5.48. The van der Waals surface area contributed by atoms with Gasteiger partial charge in [-0.2, -0.15) is 0 Å². The van der Waals surface area contributed by atoms with E-state index in [4.69, 9.17) is 15.3 Å². The van der Waals surface area contributed by atoms with Crippen molar-refractivity contribution in [2.45, 2.75) is 12.5 Å². The topological polar surface area (TPSA) is 76.5 Å². The zero-order valence-electron chi connectivity index (χ0n) is 7.01. The minimum absolute atomic E-state index is 0.0722. The highest BCUT2D eigenvalue weighted by molar-refractivity contribution is 5.68. The average Bonchev–Trinajstić information content (AvgIpc) is 2.51. The standard InChI is InChI=1S/C9H11NO3/c10-7(6-9(11)12)3-4-8-2-1-5-13-8/h1-5,7H,6,10H2,(H,11,12)/b4-3+. The van der Waals surface area contributed by atoms with Crippen LogP contribution in [0.5, 0.6) is 0 Å². The van der Waals surface area contributed by atoms with E-state index in [1.54, 1.807) is 30.5 Å². The lowest BCUT2D eigenvalue weighted by Crippen LogP contribution is -2.20. The Hall–Kier alpha value is -1.55. The summed E-state index contributed by atoms with van der Waals surface area (Å²) >= 11 is 0. The highest BCUT2D eigenvalue weighted by atomic mass is 16.4. The summed E-state index contributed by atoms with van der Waals surface area (Å²) in [7, 11) is 0. The molecule has 1 atom stereocenters. The first-order valence-corrected chi connectivity index (χ1v) is 3.87. The van der Waals surface area contributed by atoms with Crippen molar-refractivity contribution in [3.8, 4) is 0 Å². The Morgan fingerprint density at radius 1 is 1.77 bits per heavy atom. The van der Waals surface area contributed by atoms with Crippen LogP contribution < -0.4 is 5.73 Å².